The van der Waals surface area contributed by atoms with E-state index in [9.17, 15) is 8.42 Å². The van der Waals surface area contributed by atoms with Crippen LogP contribution >= 0.6 is 0 Å². The van der Waals surface area contributed by atoms with Gasteiger partial charge in [0.25, 0.3) is 0 Å². The van der Waals surface area contributed by atoms with Gasteiger partial charge in [-0.2, -0.15) is 5.10 Å². The molecule has 8 heteroatoms. The van der Waals surface area contributed by atoms with Crippen molar-refractivity contribution in [2.75, 3.05) is 20.3 Å². The standard InChI is InChI=1S/C9H17N3O4S/c1-8(7-16-2)11-17(14,15)9-5-10-12(6-9)3-4-13/h5-6,8,11,13H,3-4,7H2,1-2H3. The minimum absolute atomic E-state index is 0.0777. The van der Waals surface area contributed by atoms with E-state index in [0.29, 0.717) is 6.61 Å². The summed E-state index contributed by atoms with van der Waals surface area (Å²) < 4.78 is 32.4. The highest BCUT2D eigenvalue weighted by molar-refractivity contribution is 7.89. The number of aliphatic hydroxyl groups excluding tert-OH is 1. The van der Waals surface area contributed by atoms with E-state index in [4.69, 9.17) is 9.84 Å². The van der Waals surface area contributed by atoms with Gasteiger partial charge in [0.15, 0.2) is 0 Å². The molecular formula is C9H17N3O4S. The van der Waals surface area contributed by atoms with E-state index in [1.165, 1.54) is 24.2 Å². The minimum Gasteiger partial charge on any atom is -0.394 e. The van der Waals surface area contributed by atoms with Crippen LogP contribution in [0.25, 0.3) is 0 Å². The second kappa shape index (κ2) is 6.10. The Morgan fingerprint density at radius 1 is 1.65 bits per heavy atom. The number of aliphatic hydroxyl groups is 1. The van der Waals surface area contributed by atoms with Gasteiger partial charge < -0.3 is 9.84 Å². The van der Waals surface area contributed by atoms with Crippen LogP contribution in [0.1, 0.15) is 6.92 Å². The van der Waals surface area contributed by atoms with Gasteiger partial charge in [0.2, 0.25) is 10.0 Å². The molecular weight excluding hydrogens is 246 g/mol. The highest BCUT2D eigenvalue weighted by Gasteiger charge is 2.19. The van der Waals surface area contributed by atoms with Crippen molar-refractivity contribution in [1.29, 1.82) is 0 Å². The zero-order valence-corrected chi connectivity index (χ0v) is 10.6. The molecule has 0 aliphatic heterocycles. The summed E-state index contributed by atoms with van der Waals surface area (Å²) >= 11 is 0. The number of sulfonamides is 1. The molecule has 98 valence electrons. The van der Waals surface area contributed by atoms with Crippen LogP contribution in [0, 0.1) is 0 Å². The Labute approximate surface area is 100 Å². The molecule has 0 spiro atoms. The van der Waals surface area contributed by atoms with E-state index in [2.05, 4.69) is 9.82 Å². The first kappa shape index (κ1) is 14.1. The molecule has 0 aliphatic carbocycles. The van der Waals surface area contributed by atoms with Crippen molar-refractivity contribution in [3.05, 3.63) is 12.4 Å². The zero-order chi connectivity index (χ0) is 12.9. The highest BCUT2D eigenvalue weighted by atomic mass is 32.2. The van der Waals surface area contributed by atoms with Crippen LogP contribution < -0.4 is 4.72 Å². The van der Waals surface area contributed by atoms with Gasteiger partial charge in [-0.05, 0) is 6.92 Å². The number of methoxy groups -OCH3 is 1. The van der Waals surface area contributed by atoms with E-state index in [1.807, 2.05) is 0 Å². The summed E-state index contributed by atoms with van der Waals surface area (Å²) in [6, 6.07) is -0.314. The van der Waals surface area contributed by atoms with Crippen LogP contribution in [-0.4, -0.2) is 49.7 Å². The van der Waals surface area contributed by atoms with Crippen LogP contribution in [0.2, 0.25) is 0 Å². The van der Waals surface area contributed by atoms with Crippen molar-refractivity contribution in [2.24, 2.45) is 0 Å². The first-order valence-corrected chi connectivity index (χ1v) is 6.62. The summed E-state index contributed by atoms with van der Waals surface area (Å²) in [5.41, 5.74) is 0. The molecule has 0 fully saturated rings. The number of hydrogen-bond donors (Lipinski definition) is 2. The molecule has 0 aliphatic rings. The number of ether oxygens (including phenoxy) is 1. The lowest BCUT2D eigenvalue weighted by Crippen LogP contribution is -2.35. The van der Waals surface area contributed by atoms with Crippen LogP contribution in [0.4, 0.5) is 0 Å². The van der Waals surface area contributed by atoms with Gasteiger partial charge in [-0.15, -0.1) is 0 Å². The molecule has 0 amide bonds. The molecule has 0 bridgehead atoms. The van der Waals surface area contributed by atoms with Crippen molar-refractivity contribution < 1.29 is 18.3 Å². The summed E-state index contributed by atoms with van der Waals surface area (Å²) in [6.45, 7) is 2.18. The molecule has 0 saturated heterocycles. The van der Waals surface area contributed by atoms with E-state index >= 15 is 0 Å². The SMILES string of the molecule is COCC(C)NS(=O)(=O)c1cnn(CCO)c1. The Bertz CT molecular complexity index is 443. The Balaban J connectivity index is 2.75. The van der Waals surface area contributed by atoms with E-state index in [-0.39, 0.29) is 24.1 Å². The van der Waals surface area contributed by atoms with Crippen LogP contribution in [0.15, 0.2) is 17.3 Å². The third-order valence-corrected chi connectivity index (χ3v) is 3.57. The maximum atomic E-state index is 11.9. The van der Waals surface area contributed by atoms with Gasteiger partial charge in [0.05, 0.1) is 26.0 Å². The fourth-order valence-corrected chi connectivity index (χ4v) is 2.51. The van der Waals surface area contributed by atoms with Crippen molar-refractivity contribution in [3.8, 4) is 0 Å². The Kier molecular flexibility index (Phi) is 5.06. The predicted molar refractivity (Wildman–Crippen MR) is 61.0 cm³/mol. The predicted octanol–water partition coefficient (Wildman–Crippen LogP) is -0.811. The number of nitrogens with zero attached hydrogens (tertiary/aromatic N) is 2. The fraction of sp³-hybridized carbons (Fsp3) is 0.667. The molecule has 1 aromatic heterocycles. The summed E-state index contributed by atoms with van der Waals surface area (Å²) in [5.74, 6) is 0. The average molecular weight is 263 g/mol. The maximum absolute atomic E-state index is 11.9. The summed E-state index contributed by atoms with van der Waals surface area (Å²) in [5, 5.41) is 12.5. The van der Waals surface area contributed by atoms with Gasteiger partial charge in [0.1, 0.15) is 4.90 Å². The van der Waals surface area contributed by atoms with Crippen molar-refractivity contribution in [1.82, 2.24) is 14.5 Å². The Morgan fingerprint density at radius 2 is 2.35 bits per heavy atom. The number of nitrogens with one attached hydrogen (secondary N) is 1. The zero-order valence-electron chi connectivity index (χ0n) is 9.83. The summed E-state index contributed by atoms with van der Waals surface area (Å²) in [7, 11) is -2.07. The lowest BCUT2D eigenvalue weighted by Gasteiger charge is -2.11. The van der Waals surface area contributed by atoms with E-state index < -0.39 is 10.0 Å². The highest BCUT2D eigenvalue weighted by Crippen LogP contribution is 2.07. The number of hydrogen-bond acceptors (Lipinski definition) is 5. The van der Waals surface area contributed by atoms with E-state index in [1.54, 1.807) is 6.92 Å². The van der Waals surface area contributed by atoms with Gasteiger partial charge >= 0.3 is 0 Å². The third kappa shape index (κ3) is 4.08. The number of rotatable bonds is 7. The fourth-order valence-electron chi connectivity index (χ4n) is 1.33. The van der Waals surface area contributed by atoms with Gasteiger partial charge in [-0.3, -0.25) is 4.68 Å². The van der Waals surface area contributed by atoms with Crippen LogP contribution in [0.3, 0.4) is 0 Å². The molecule has 17 heavy (non-hydrogen) atoms. The molecule has 0 radical (unpaired) electrons. The molecule has 0 aromatic carbocycles. The minimum atomic E-state index is -3.57. The van der Waals surface area contributed by atoms with Crippen LogP contribution in [0.5, 0.6) is 0 Å². The molecule has 0 saturated carbocycles. The molecule has 1 rings (SSSR count). The van der Waals surface area contributed by atoms with Gasteiger partial charge in [-0.25, -0.2) is 13.1 Å². The quantitative estimate of drug-likeness (QED) is 0.671. The first-order valence-electron chi connectivity index (χ1n) is 5.14. The first-order chi connectivity index (χ1) is 7.99. The number of aromatic nitrogens is 2. The largest absolute Gasteiger partial charge is 0.394 e. The molecule has 7 nitrogen and oxygen atoms in total. The van der Waals surface area contributed by atoms with Gasteiger partial charge in [0, 0.05) is 19.3 Å². The maximum Gasteiger partial charge on any atom is 0.244 e. The topological polar surface area (TPSA) is 93.5 Å². The monoisotopic (exact) mass is 263 g/mol. The van der Waals surface area contributed by atoms with Gasteiger partial charge in [-0.1, -0.05) is 0 Å². The second-order valence-electron chi connectivity index (χ2n) is 3.64. The van der Waals surface area contributed by atoms with Crippen molar-refractivity contribution >= 4 is 10.0 Å². The lowest BCUT2D eigenvalue weighted by molar-refractivity contribution is 0.180. The van der Waals surface area contributed by atoms with Crippen LogP contribution in [-0.2, 0) is 21.3 Å². The lowest BCUT2D eigenvalue weighted by atomic mass is 10.4. The van der Waals surface area contributed by atoms with E-state index in [0.717, 1.165) is 0 Å². The molecule has 1 unspecified atom stereocenters. The third-order valence-electron chi connectivity index (χ3n) is 2.02. The normalized spacial score (nSPS) is 13.8. The second-order valence-corrected chi connectivity index (χ2v) is 5.35. The Morgan fingerprint density at radius 3 is 2.94 bits per heavy atom. The molecule has 1 atom stereocenters. The van der Waals surface area contributed by atoms with Crippen molar-refractivity contribution in [3.63, 3.8) is 0 Å². The molecule has 1 aromatic rings. The Hall–Kier alpha value is -0.960. The molecule has 1 heterocycles. The summed E-state index contributed by atoms with van der Waals surface area (Å²) in [4.78, 5) is 0.0777. The summed E-state index contributed by atoms with van der Waals surface area (Å²) in [6.07, 6.45) is 2.62. The van der Waals surface area contributed by atoms with Crippen molar-refractivity contribution in [2.45, 2.75) is 24.4 Å². The smallest absolute Gasteiger partial charge is 0.244 e. The average Bonchev–Trinajstić information content (AvgIpc) is 2.67. The molecule has 2 N–H and O–H groups in total.